The SMILES string of the molecule is COc1ccccc1C(C)NC(=O)c1ccc2c(c1)CCN2. The third-order valence-electron chi connectivity index (χ3n) is 4.03. The van der Waals surface area contributed by atoms with Crippen molar-refractivity contribution in [3.05, 3.63) is 59.2 Å². The first-order valence-electron chi connectivity index (χ1n) is 7.49. The van der Waals surface area contributed by atoms with Crippen molar-refractivity contribution in [1.82, 2.24) is 5.32 Å². The second-order valence-corrected chi connectivity index (χ2v) is 5.49. The van der Waals surface area contributed by atoms with E-state index < -0.39 is 0 Å². The molecular formula is C18H20N2O2. The van der Waals surface area contributed by atoms with Crippen LogP contribution in [0.3, 0.4) is 0 Å². The maximum Gasteiger partial charge on any atom is 0.251 e. The van der Waals surface area contributed by atoms with Crippen LogP contribution >= 0.6 is 0 Å². The lowest BCUT2D eigenvalue weighted by Crippen LogP contribution is -2.27. The summed E-state index contributed by atoms with van der Waals surface area (Å²) in [6.45, 7) is 2.91. The van der Waals surface area contributed by atoms with E-state index in [0.29, 0.717) is 5.56 Å². The van der Waals surface area contributed by atoms with Gasteiger partial charge in [-0.05, 0) is 43.2 Å². The van der Waals surface area contributed by atoms with Crippen LogP contribution in [0.4, 0.5) is 5.69 Å². The molecule has 0 radical (unpaired) electrons. The van der Waals surface area contributed by atoms with E-state index in [9.17, 15) is 4.79 Å². The topological polar surface area (TPSA) is 50.4 Å². The van der Waals surface area contributed by atoms with Gasteiger partial charge >= 0.3 is 0 Å². The first-order valence-corrected chi connectivity index (χ1v) is 7.49. The largest absolute Gasteiger partial charge is 0.496 e. The Morgan fingerprint density at radius 2 is 2.09 bits per heavy atom. The monoisotopic (exact) mass is 296 g/mol. The summed E-state index contributed by atoms with van der Waals surface area (Å²) < 4.78 is 5.35. The summed E-state index contributed by atoms with van der Waals surface area (Å²) in [4.78, 5) is 12.5. The Balaban J connectivity index is 1.76. The molecule has 114 valence electrons. The Bertz CT molecular complexity index is 697. The third kappa shape index (κ3) is 2.77. The molecule has 22 heavy (non-hydrogen) atoms. The molecule has 1 heterocycles. The average Bonchev–Trinajstić information content (AvgIpc) is 3.02. The van der Waals surface area contributed by atoms with E-state index in [-0.39, 0.29) is 11.9 Å². The number of carbonyl (C=O) groups excluding carboxylic acids is 1. The third-order valence-corrected chi connectivity index (χ3v) is 4.03. The molecule has 1 aliphatic rings. The van der Waals surface area contributed by atoms with Gasteiger partial charge in [-0.15, -0.1) is 0 Å². The Morgan fingerprint density at radius 1 is 1.27 bits per heavy atom. The number of fused-ring (bicyclic) bond motifs is 1. The van der Waals surface area contributed by atoms with Crippen LogP contribution in [0.2, 0.25) is 0 Å². The standard InChI is InChI=1S/C18H20N2O2/c1-12(15-5-3-4-6-17(15)22-2)20-18(21)14-7-8-16-13(11-14)9-10-19-16/h3-8,11-12,19H,9-10H2,1-2H3,(H,20,21). The van der Waals surface area contributed by atoms with Crippen molar-refractivity contribution in [3.8, 4) is 5.75 Å². The Labute approximate surface area is 130 Å². The van der Waals surface area contributed by atoms with E-state index in [4.69, 9.17) is 4.74 Å². The number of rotatable bonds is 4. The minimum Gasteiger partial charge on any atom is -0.496 e. The van der Waals surface area contributed by atoms with Gasteiger partial charge in [0.2, 0.25) is 0 Å². The van der Waals surface area contributed by atoms with Gasteiger partial charge in [0.15, 0.2) is 0 Å². The molecule has 3 rings (SSSR count). The van der Waals surface area contributed by atoms with Gasteiger partial charge < -0.3 is 15.4 Å². The van der Waals surface area contributed by atoms with Gasteiger partial charge in [0.25, 0.3) is 5.91 Å². The van der Waals surface area contributed by atoms with Crippen molar-refractivity contribution in [3.63, 3.8) is 0 Å². The molecule has 2 aromatic carbocycles. The molecule has 0 saturated carbocycles. The van der Waals surface area contributed by atoms with Crippen LogP contribution in [-0.2, 0) is 6.42 Å². The molecule has 4 nitrogen and oxygen atoms in total. The number of nitrogens with one attached hydrogen (secondary N) is 2. The van der Waals surface area contributed by atoms with Crippen molar-refractivity contribution in [1.29, 1.82) is 0 Å². The molecule has 0 saturated heterocycles. The Hall–Kier alpha value is -2.49. The number of carbonyl (C=O) groups is 1. The predicted molar refractivity (Wildman–Crippen MR) is 87.5 cm³/mol. The van der Waals surface area contributed by atoms with Crippen LogP contribution in [0.1, 0.15) is 34.5 Å². The lowest BCUT2D eigenvalue weighted by Gasteiger charge is -2.17. The van der Waals surface area contributed by atoms with Gasteiger partial charge in [0.05, 0.1) is 13.2 Å². The molecule has 1 unspecified atom stereocenters. The molecule has 2 aromatic rings. The average molecular weight is 296 g/mol. The molecule has 1 atom stereocenters. The predicted octanol–water partition coefficient (Wildman–Crippen LogP) is 3.15. The molecule has 1 aliphatic heterocycles. The fourth-order valence-corrected chi connectivity index (χ4v) is 2.83. The number of hydrogen-bond donors (Lipinski definition) is 2. The number of ether oxygens (including phenoxy) is 1. The highest BCUT2D eigenvalue weighted by Crippen LogP contribution is 2.26. The van der Waals surface area contributed by atoms with E-state index in [1.165, 1.54) is 5.56 Å². The minimum absolute atomic E-state index is 0.0619. The number of benzene rings is 2. The van der Waals surface area contributed by atoms with Crippen molar-refractivity contribution >= 4 is 11.6 Å². The van der Waals surface area contributed by atoms with Crippen molar-refractivity contribution in [2.24, 2.45) is 0 Å². The highest BCUT2D eigenvalue weighted by atomic mass is 16.5. The number of methoxy groups -OCH3 is 1. The zero-order valence-corrected chi connectivity index (χ0v) is 12.8. The van der Waals surface area contributed by atoms with E-state index in [0.717, 1.165) is 30.0 Å². The normalized spacial score (nSPS) is 13.9. The van der Waals surface area contributed by atoms with Crippen LogP contribution in [0.25, 0.3) is 0 Å². The zero-order valence-electron chi connectivity index (χ0n) is 12.8. The van der Waals surface area contributed by atoms with Gasteiger partial charge in [0.1, 0.15) is 5.75 Å². The number of hydrogen-bond acceptors (Lipinski definition) is 3. The van der Waals surface area contributed by atoms with Gasteiger partial charge in [0, 0.05) is 23.4 Å². The molecule has 0 bridgehead atoms. The van der Waals surface area contributed by atoms with Gasteiger partial charge in [-0.1, -0.05) is 18.2 Å². The van der Waals surface area contributed by atoms with Crippen LogP contribution in [0.5, 0.6) is 5.75 Å². The molecule has 2 N–H and O–H groups in total. The fraction of sp³-hybridized carbons (Fsp3) is 0.278. The molecule has 4 heteroatoms. The lowest BCUT2D eigenvalue weighted by atomic mass is 10.1. The molecule has 0 aromatic heterocycles. The van der Waals surface area contributed by atoms with Crippen LogP contribution < -0.4 is 15.4 Å². The molecule has 0 aliphatic carbocycles. The van der Waals surface area contributed by atoms with E-state index >= 15 is 0 Å². The summed E-state index contributed by atoms with van der Waals surface area (Å²) in [7, 11) is 1.64. The van der Waals surface area contributed by atoms with E-state index in [2.05, 4.69) is 10.6 Å². The fourth-order valence-electron chi connectivity index (χ4n) is 2.83. The summed E-state index contributed by atoms with van der Waals surface area (Å²) >= 11 is 0. The van der Waals surface area contributed by atoms with Gasteiger partial charge in [-0.3, -0.25) is 4.79 Å². The molecule has 0 spiro atoms. The summed E-state index contributed by atoms with van der Waals surface area (Å²) in [6, 6.07) is 13.4. The maximum absolute atomic E-state index is 12.5. The smallest absolute Gasteiger partial charge is 0.251 e. The summed E-state index contributed by atoms with van der Waals surface area (Å²) in [5.41, 5.74) is 4.01. The molecular weight excluding hydrogens is 276 g/mol. The first kappa shape index (κ1) is 14.4. The lowest BCUT2D eigenvalue weighted by molar-refractivity contribution is 0.0939. The second-order valence-electron chi connectivity index (χ2n) is 5.49. The van der Waals surface area contributed by atoms with Crippen LogP contribution in [-0.4, -0.2) is 19.6 Å². The summed E-state index contributed by atoms with van der Waals surface area (Å²) in [5, 5.41) is 6.34. The zero-order chi connectivity index (χ0) is 15.5. The number of amides is 1. The van der Waals surface area contributed by atoms with Gasteiger partial charge in [-0.2, -0.15) is 0 Å². The summed E-state index contributed by atoms with van der Waals surface area (Å²) in [5.74, 6) is 0.724. The maximum atomic E-state index is 12.5. The number of para-hydroxylation sites is 1. The summed E-state index contributed by atoms with van der Waals surface area (Å²) in [6.07, 6.45) is 0.971. The van der Waals surface area contributed by atoms with E-state index in [1.54, 1.807) is 7.11 Å². The van der Waals surface area contributed by atoms with E-state index in [1.807, 2.05) is 49.4 Å². The van der Waals surface area contributed by atoms with Crippen molar-refractivity contribution in [2.75, 3.05) is 19.0 Å². The van der Waals surface area contributed by atoms with Gasteiger partial charge in [-0.25, -0.2) is 0 Å². The quantitative estimate of drug-likeness (QED) is 0.911. The van der Waals surface area contributed by atoms with Crippen LogP contribution in [0.15, 0.2) is 42.5 Å². The second kappa shape index (κ2) is 6.10. The Morgan fingerprint density at radius 3 is 2.91 bits per heavy atom. The van der Waals surface area contributed by atoms with Crippen LogP contribution in [0, 0.1) is 0 Å². The highest BCUT2D eigenvalue weighted by molar-refractivity contribution is 5.95. The first-order chi connectivity index (χ1) is 10.7. The molecule has 0 fully saturated rings. The minimum atomic E-state index is -0.116. The number of anilines is 1. The highest BCUT2D eigenvalue weighted by Gasteiger charge is 2.17. The van der Waals surface area contributed by atoms with Crippen molar-refractivity contribution in [2.45, 2.75) is 19.4 Å². The van der Waals surface area contributed by atoms with Crippen molar-refractivity contribution < 1.29 is 9.53 Å². The Kier molecular flexibility index (Phi) is 4.00. The molecule has 1 amide bonds.